The number of rotatable bonds is 9. The Morgan fingerprint density at radius 3 is 1.57 bits per heavy atom. The van der Waals surface area contributed by atoms with E-state index in [4.69, 9.17) is 4.65 Å². The number of H-pyrrole nitrogens is 2. The molecular weight excluding hydrogens is 529 g/mol. The highest BCUT2D eigenvalue weighted by molar-refractivity contribution is 6.35. The number of aromatic amines is 2. The normalized spacial score (nSPS) is 12.1. The Kier molecular flexibility index (Phi) is 7.64. The highest BCUT2D eigenvalue weighted by atomic mass is 19.2. The molecule has 0 radical (unpaired) electrons. The van der Waals surface area contributed by atoms with E-state index < -0.39 is 13.3 Å². The van der Waals surface area contributed by atoms with E-state index in [0.29, 0.717) is 0 Å². The molecule has 6 aromatic rings. The second-order valence-corrected chi connectivity index (χ2v) is 9.64. The van der Waals surface area contributed by atoms with Gasteiger partial charge in [-0.25, -0.2) is 8.63 Å². The van der Waals surface area contributed by atoms with Crippen LogP contribution in [0.4, 0.5) is 8.63 Å². The molecule has 204 valence electrons. The van der Waals surface area contributed by atoms with Crippen LogP contribution in [0.2, 0.25) is 0 Å². The molecule has 0 atom stereocenters. The van der Waals surface area contributed by atoms with Gasteiger partial charge in [0.15, 0.2) is 5.78 Å². The van der Waals surface area contributed by atoms with Crippen molar-refractivity contribution < 1.29 is 18.1 Å². The number of nitrogens with one attached hydrogen (secondary N) is 2. The first-order chi connectivity index (χ1) is 20.6. The Morgan fingerprint density at radius 1 is 0.619 bits per heavy atom. The summed E-state index contributed by atoms with van der Waals surface area (Å²) < 4.78 is 31.5. The molecule has 0 aliphatic carbocycles. The molecular formula is C35H25BF2N2O2. The molecule has 0 spiro atoms. The van der Waals surface area contributed by atoms with Gasteiger partial charge in [-0.3, -0.25) is 4.79 Å². The number of carbonyl (C=O) groups excluding carboxylic acids is 1. The van der Waals surface area contributed by atoms with Crippen LogP contribution in [0, 0.1) is 0 Å². The Balaban J connectivity index is 1.35. The number of fused-ring (bicyclic) bond motifs is 2. The number of ketones is 1. The van der Waals surface area contributed by atoms with Crippen LogP contribution in [0.25, 0.3) is 56.5 Å². The van der Waals surface area contributed by atoms with E-state index in [9.17, 15) is 13.4 Å². The molecule has 0 bridgehead atoms. The summed E-state index contributed by atoms with van der Waals surface area (Å²) in [5.41, 5.74) is 7.08. The van der Waals surface area contributed by atoms with Crippen molar-refractivity contribution in [2.45, 2.75) is 0 Å². The van der Waals surface area contributed by atoms with Gasteiger partial charge >= 0.3 is 7.47 Å². The number of carbonyl (C=O) groups is 1. The molecule has 7 heteroatoms. The average molecular weight is 554 g/mol. The molecule has 2 N–H and O–H groups in total. The largest absolute Gasteiger partial charge is 0.796 e. The lowest BCUT2D eigenvalue weighted by molar-refractivity contribution is -0.110. The Morgan fingerprint density at radius 2 is 1.07 bits per heavy atom. The molecule has 42 heavy (non-hydrogen) atoms. The summed E-state index contributed by atoms with van der Waals surface area (Å²) in [4.78, 5) is 19.9. The molecule has 0 saturated heterocycles. The summed E-state index contributed by atoms with van der Waals surface area (Å²) >= 11 is 0. The molecule has 0 aliphatic heterocycles. The van der Waals surface area contributed by atoms with Gasteiger partial charge in [0.1, 0.15) is 5.76 Å². The summed E-state index contributed by atoms with van der Waals surface area (Å²) in [5, 5.41) is 1.86. The summed E-state index contributed by atoms with van der Waals surface area (Å²) in [7, 11) is -3.09. The standard InChI is InChI=1S/C35H25BF2N2O2/c37-36(38)42-27(20-22-31-29-16-8-10-18-33(29)40-35(31)25-13-5-2-6-14-25)23-26(41)19-21-30-28-15-7-9-17-32(28)39-34(30)24-11-3-1-4-12-24/h1-23,39-40H/b21-19+,22-20+,27-23-. The van der Waals surface area contributed by atoms with E-state index >= 15 is 0 Å². The molecule has 4 aromatic carbocycles. The SMILES string of the molecule is O=C(/C=C(/C=C/c1c(-c2ccccc2)[nH]c2ccccc12)OB(F)F)/C=C/c1c(-c2ccccc2)[nH]c2ccccc12. The summed E-state index contributed by atoms with van der Waals surface area (Å²) in [5.74, 6) is -0.729. The predicted octanol–water partition coefficient (Wildman–Crippen LogP) is 9.10. The van der Waals surface area contributed by atoms with Gasteiger partial charge in [-0.1, -0.05) is 97.1 Å². The number of benzene rings is 4. The van der Waals surface area contributed by atoms with Crippen LogP contribution in [-0.2, 0) is 9.45 Å². The summed E-state index contributed by atoms with van der Waals surface area (Å²) in [6.07, 6.45) is 7.25. The van der Waals surface area contributed by atoms with Crippen molar-refractivity contribution in [3.05, 3.63) is 144 Å². The number of halogens is 2. The van der Waals surface area contributed by atoms with E-state index in [0.717, 1.165) is 61.5 Å². The minimum absolute atomic E-state index is 0.244. The number of aromatic nitrogens is 2. The Bertz CT molecular complexity index is 1960. The van der Waals surface area contributed by atoms with Crippen molar-refractivity contribution in [2.24, 2.45) is 0 Å². The second kappa shape index (κ2) is 12.0. The third-order valence-corrected chi connectivity index (χ3v) is 6.96. The lowest BCUT2D eigenvalue weighted by Gasteiger charge is -2.04. The highest BCUT2D eigenvalue weighted by Crippen LogP contribution is 2.33. The van der Waals surface area contributed by atoms with Crippen molar-refractivity contribution in [2.75, 3.05) is 0 Å². The third kappa shape index (κ3) is 5.72. The van der Waals surface area contributed by atoms with Crippen LogP contribution in [0.3, 0.4) is 0 Å². The molecule has 0 unspecified atom stereocenters. The first-order valence-corrected chi connectivity index (χ1v) is 13.5. The van der Waals surface area contributed by atoms with Gasteiger partial charge in [-0.2, -0.15) is 0 Å². The lowest BCUT2D eigenvalue weighted by Crippen LogP contribution is -2.04. The zero-order chi connectivity index (χ0) is 28.9. The van der Waals surface area contributed by atoms with Crippen molar-refractivity contribution in [1.29, 1.82) is 0 Å². The fourth-order valence-corrected chi connectivity index (χ4v) is 5.08. The molecule has 0 fully saturated rings. The van der Waals surface area contributed by atoms with E-state index in [1.54, 1.807) is 12.2 Å². The van der Waals surface area contributed by atoms with Crippen molar-refractivity contribution in [3.8, 4) is 22.5 Å². The molecule has 6 rings (SSSR count). The van der Waals surface area contributed by atoms with Gasteiger partial charge in [-0.05, 0) is 47.6 Å². The molecule has 0 saturated carbocycles. The van der Waals surface area contributed by atoms with E-state index in [1.807, 2.05) is 109 Å². The van der Waals surface area contributed by atoms with Crippen molar-refractivity contribution in [1.82, 2.24) is 9.97 Å². The number of hydrogen-bond acceptors (Lipinski definition) is 2. The maximum Gasteiger partial charge on any atom is 0.796 e. The molecule has 4 nitrogen and oxygen atoms in total. The van der Waals surface area contributed by atoms with E-state index in [2.05, 4.69) is 9.97 Å². The Labute approximate surface area is 241 Å². The molecule has 0 aliphatic rings. The quantitative estimate of drug-likeness (QED) is 0.0811. The van der Waals surface area contributed by atoms with Gasteiger partial charge in [0.05, 0.1) is 11.4 Å². The molecule has 2 heterocycles. The predicted molar refractivity (Wildman–Crippen MR) is 168 cm³/mol. The van der Waals surface area contributed by atoms with E-state index in [-0.39, 0.29) is 5.76 Å². The van der Waals surface area contributed by atoms with Crippen LogP contribution in [0.15, 0.2) is 133 Å². The second-order valence-electron chi connectivity index (χ2n) is 9.64. The summed E-state index contributed by atoms with van der Waals surface area (Å²) in [6, 6.07) is 35.1. The van der Waals surface area contributed by atoms with Crippen molar-refractivity contribution in [3.63, 3.8) is 0 Å². The van der Waals surface area contributed by atoms with Crippen LogP contribution >= 0.6 is 0 Å². The third-order valence-electron chi connectivity index (χ3n) is 6.96. The monoisotopic (exact) mass is 554 g/mol. The fourth-order valence-electron chi connectivity index (χ4n) is 5.08. The number of hydrogen-bond donors (Lipinski definition) is 2. The van der Waals surface area contributed by atoms with Crippen LogP contribution in [-0.4, -0.2) is 23.2 Å². The van der Waals surface area contributed by atoms with Crippen LogP contribution in [0.5, 0.6) is 0 Å². The zero-order valence-electron chi connectivity index (χ0n) is 22.4. The van der Waals surface area contributed by atoms with Gasteiger partial charge < -0.3 is 14.6 Å². The highest BCUT2D eigenvalue weighted by Gasteiger charge is 2.19. The van der Waals surface area contributed by atoms with Gasteiger partial charge in [0.2, 0.25) is 0 Å². The van der Waals surface area contributed by atoms with Gasteiger partial charge in [0.25, 0.3) is 0 Å². The lowest BCUT2D eigenvalue weighted by atomic mass is 10.0. The number of allylic oxidation sites excluding steroid dienone is 3. The number of para-hydroxylation sites is 2. The topological polar surface area (TPSA) is 57.9 Å². The van der Waals surface area contributed by atoms with E-state index in [1.165, 1.54) is 12.2 Å². The smallest absolute Gasteiger partial charge is 0.505 e. The Hall–Kier alpha value is -5.43. The molecule has 2 aromatic heterocycles. The average Bonchev–Trinajstić information content (AvgIpc) is 3.58. The maximum atomic E-state index is 13.4. The fraction of sp³-hybridized carbons (Fsp3) is 0. The maximum absolute atomic E-state index is 13.4. The molecule has 0 amide bonds. The zero-order valence-corrected chi connectivity index (χ0v) is 22.4. The van der Waals surface area contributed by atoms with Crippen LogP contribution < -0.4 is 0 Å². The van der Waals surface area contributed by atoms with Crippen LogP contribution in [0.1, 0.15) is 11.1 Å². The van der Waals surface area contributed by atoms with Gasteiger partial charge in [-0.15, -0.1) is 0 Å². The van der Waals surface area contributed by atoms with Gasteiger partial charge in [0, 0.05) is 39.0 Å². The first-order valence-electron chi connectivity index (χ1n) is 13.5. The first kappa shape index (κ1) is 26.8. The minimum atomic E-state index is -3.09. The summed E-state index contributed by atoms with van der Waals surface area (Å²) in [6.45, 7) is 0. The minimum Gasteiger partial charge on any atom is -0.505 e. The van der Waals surface area contributed by atoms with Crippen molar-refractivity contribution >= 4 is 47.2 Å².